The van der Waals surface area contributed by atoms with Crippen molar-refractivity contribution in [3.63, 3.8) is 0 Å². The van der Waals surface area contributed by atoms with Crippen LogP contribution in [0.2, 0.25) is 5.02 Å². The van der Waals surface area contributed by atoms with Gasteiger partial charge in [-0.1, -0.05) is 79.3 Å². The summed E-state index contributed by atoms with van der Waals surface area (Å²) in [5, 5.41) is 16.6. The van der Waals surface area contributed by atoms with Crippen LogP contribution < -0.4 is 26.2 Å². The van der Waals surface area contributed by atoms with E-state index in [-0.39, 0.29) is 24.7 Å². The first kappa shape index (κ1) is 43.6. The Morgan fingerprint density at radius 2 is 1.60 bits per heavy atom. The third kappa shape index (κ3) is 15.6. The Balaban J connectivity index is 1.40. The van der Waals surface area contributed by atoms with Crippen LogP contribution in [0.1, 0.15) is 71.4 Å². The molecule has 0 saturated carbocycles. The molecule has 1 aromatic heterocycles. The third-order valence-electron chi connectivity index (χ3n) is 7.95. The predicted octanol–water partition coefficient (Wildman–Crippen LogP) is 7.01. The highest BCUT2D eigenvalue weighted by Crippen LogP contribution is 2.47. The minimum Gasteiger partial charge on any atom is -0.413 e. The summed E-state index contributed by atoms with van der Waals surface area (Å²) in [4.78, 5) is 38.2. The largest absolute Gasteiger partial charge is 0.458 e. The van der Waals surface area contributed by atoms with Crippen LogP contribution in [0.15, 0.2) is 107 Å². The highest BCUT2D eigenvalue weighted by Gasteiger charge is 2.55. The Morgan fingerprint density at radius 3 is 2.21 bits per heavy atom. The molecular formula is C38H51ClFN4O8P. The second-order valence-corrected chi connectivity index (χ2v) is 14.5. The number of aliphatic hydroxyl groups is 1. The molecule has 0 bridgehead atoms. The van der Waals surface area contributed by atoms with Crippen molar-refractivity contribution in [3.8, 4) is 5.75 Å². The molecule has 0 spiro atoms. The summed E-state index contributed by atoms with van der Waals surface area (Å²) in [7, 11) is -4.20. The van der Waals surface area contributed by atoms with E-state index in [0.29, 0.717) is 17.9 Å². The van der Waals surface area contributed by atoms with Crippen molar-refractivity contribution < 1.29 is 32.6 Å². The fourth-order valence-electron chi connectivity index (χ4n) is 5.10. The van der Waals surface area contributed by atoms with E-state index in [4.69, 9.17) is 25.4 Å². The lowest BCUT2D eigenvalue weighted by Gasteiger charge is -2.24. The Labute approximate surface area is 315 Å². The number of alkyl halides is 1. The van der Waals surface area contributed by atoms with Gasteiger partial charge in [0.15, 0.2) is 11.9 Å². The second kappa shape index (κ2) is 23.1. The van der Waals surface area contributed by atoms with E-state index >= 15 is 4.39 Å². The van der Waals surface area contributed by atoms with Crippen molar-refractivity contribution in [2.75, 3.05) is 19.7 Å². The van der Waals surface area contributed by atoms with Gasteiger partial charge in [0.25, 0.3) is 5.56 Å². The molecule has 2 heterocycles. The molecule has 2 aromatic rings. The standard InChI is InChI=1S/C38H51ClFN4O8P/c1-3-4-5-6-7-8-9-10-11-12-13-14-15-16-17-18-19-20-33(45)41-26-27-42-53(49,52-31-23-21-30(39)22-24-31)50-29-32-35(47)38(2,40)36(51-32)44-28-25-34(46)43-37(44)48/h4-5,7-8,10-11,13-14,16-17,21-25,28,32,35-36,47H,3,6,9,12,15,18-20,26-27,29H2,1-2H3,(H,41,45)(H,42,49)(H,43,46,48)/b5-4-,8-7-,11-10-,14-13-,17-16-/t32-,35-,36-,38-,53?/m1/s1. The monoisotopic (exact) mass is 776 g/mol. The Hall–Kier alpha value is -3.84. The van der Waals surface area contributed by atoms with Crippen molar-refractivity contribution in [1.29, 1.82) is 0 Å². The first-order valence-electron chi connectivity index (χ1n) is 17.8. The molecule has 53 heavy (non-hydrogen) atoms. The molecule has 0 aliphatic carbocycles. The number of carbonyl (C=O) groups is 1. The fourth-order valence-corrected chi connectivity index (χ4v) is 6.57. The topological polar surface area (TPSA) is 161 Å². The zero-order valence-electron chi connectivity index (χ0n) is 30.2. The number of amides is 1. The van der Waals surface area contributed by atoms with E-state index in [1.807, 2.05) is 11.1 Å². The molecule has 1 aromatic carbocycles. The number of allylic oxidation sites excluding steroid dienone is 10. The van der Waals surface area contributed by atoms with Gasteiger partial charge in [0, 0.05) is 36.8 Å². The maximum absolute atomic E-state index is 15.6. The molecule has 1 amide bonds. The molecular weight excluding hydrogens is 726 g/mol. The number of hydrogen-bond donors (Lipinski definition) is 4. The summed E-state index contributed by atoms with van der Waals surface area (Å²) in [5.41, 5.74) is -4.10. The number of aromatic amines is 1. The molecule has 5 atom stereocenters. The predicted molar refractivity (Wildman–Crippen MR) is 206 cm³/mol. The molecule has 290 valence electrons. The SMILES string of the molecule is CC/C=C\C/C=C\C/C=C\C/C=C\C/C=C\CCCC(=O)NCCNP(=O)(OC[C@H]1O[C@@H](n2ccc(=O)[nH]c2=O)[C@](C)(F)[C@@H]1O)Oc1ccc(Cl)cc1. The van der Waals surface area contributed by atoms with Gasteiger partial charge in [-0.15, -0.1) is 0 Å². The molecule has 0 radical (unpaired) electrons. The van der Waals surface area contributed by atoms with E-state index in [2.05, 4.69) is 72.0 Å². The molecule has 12 nitrogen and oxygen atoms in total. The zero-order valence-corrected chi connectivity index (χ0v) is 31.9. The van der Waals surface area contributed by atoms with Crippen molar-refractivity contribution in [2.24, 2.45) is 0 Å². The molecule has 1 fully saturated rings. The minimum atomic E-state index is -4.20. The number of hydrogen-bond acceptors (Lipinski definition) is 8. The van der Waals surface area contributed by atoms with Crippen LogP contribution in [-0.2, 0) is 18.6 Å². The number of aliphatic hydroxyl groups excluding tert-OH is 1. The normalized spacial score (nSPS) is 21.8. The van der Waals surface area contributed by atoms with E-state index in [1.54, 1.807) is 0 Å². The van der Waals surface area contributed by atoms with Crippen LogP contribution >= 0.6 is 19.3 Å². The van der Waals surface area contributed by atoms with Crippen LogP contribution in [0.3, 0.4) is 0 Å². The molecule has 3 rings (SSSR count). The van der Waals surface area contributed by atoms with Crippen molar-refractivity contribution in [2.45, 2.75) is 89.3 Å². The number of unbranched alkanes of at least 4 members (excludes halogenated alkanes) is 1. The summed E-state index contributed by atoms with van der Waals surface area (Å²) in [5.74, 6) is -0.0352. The highest BCUT2D eigenvalue weighted by atomic mass is 35.5. The maximum Gasteiger partial charge on any atom is 0.458 e. The summed E-state index contributed by atoms with van der Waals surface area (Å²) in [6.07, 6.45) is 24.0. The maximum atomic E-state index is 15.6. The van der Waals surface area contributed by atoms with Gasteiger partial charge in [0.2, 0.25) is 5.91 Å². The Morgan fingerprint density at radius 1 is 1.00 bits per heavy atom. The summed E-state index contributed by atoms with van der Waals surface area (Å²) < 4.78 is 47.0. The summed E-state index contributed by atoms with van der Waals surface area (Å²) in [6.45, 7) is 2.64. The van der Waals surface area contributed by atoms with Crippen molar-refractivity contribution in [1.82, 2.24) is 20.0 Å². The molecule has 1 saturated heterocycles. The van der Waals surface area contributed by atoms with Crippen LogP contribution in [0, 0.1) is 0 Å². The first-order chi connectivity index (χ1) is 25.4. The summed E-state index contributed by atoms with van der Waals surface area (Å²) >= 11 is 5.96. The van der Waals surface area contributed by atoms with Gasteiger partial charge in [0.05, 0.1) is 6.61 Å². The van der Waals surface area contributed by atoms with Gasteiger partial charge in [-0.3, -0.25) is 23.7 Å². The highest BCUT2D eigenvalue weighted by molar-refractivity contribution is 7.52. The third-order valence-corrected chi connectivity index (χ3v) is 9.76. The average Bonchev–Trinajstić information content (AvgIpc) is 3.35. The van der Waals surface area contributed by atoms with E-state index < -0.39 is 49.7 Å². The minimum absolute atomic E-state index is 0.0182. The Kier molecular flexibility index (Phi) is 19.0. The number of halogens is 2. The lowest BCUT2D eigenvalue weighted by molar-refractivity contribution is -0.121. The quantitative estimate of drug-likeness (QED) is 0.0529. The molecule has 15 heteroatoms. The molecule has 1 unspecified atom stereocenters. The fraction of sp³-hybridized carbons (Fsp3) is 0.447. The average molecular weight is 777 g/mol. The van der Waals surface area contributed by atoms with Gasteiger partial charge in [0.1, 0.15) is 18.0 Å². The smallest absolute Gasteiger partial charge is 0.413 e. The summed E-state index contributed by atoms with van der Waals surface area (Å²) in [6, 6.07) is 6.99. The van der Waals surface area contributed by atoms with E-state index in [1.165, 1.54) is 24.3 Å². The number of carbonyl (C=O) groups excluding carboxylic acids is 1. The zero-order chi connectivity index (χ0) is 38.5. The lowest BCUT2D eigenvalue weighted by Crippen LogP contribution is -2.43. The second-order valence-electron chi connectivity index (χ2n) is 12.3. The number of H-pyrrole nitrogens is 1. The first-order valence-corrected chi connectivity index (χ1v) is 19.7. The van der Waals surface area contributed by atoms with Crippen LogP contribution in [0.5, 0.6) is 5.75 Å². The molecule has 4 N–H and O–H groups in total. The number of nitrogens with one attached hydrogen (secondary N) is 3. The van der Waals surface area contributed by atoms with Gasteiger partial charge >= 0.3 is 13.4 Å². The van der Waals surface area contributed by atoms with Crippen LogP contribution in [0.4, 0.5) is 4.39 Å². The Bertz CT molecular complexity index is 1740. The van der Waals surface area contributed by atoms with Crippen LogP contribution in [0.25, 0.3) is 0 Å². The number of ether oxygens (including phenoxy) is 1. The van der Waals surface area contributed by atoms with Crippen LogP contribution in [-0.4, -0.2) is 58.1 Å². The molecule has 1 aliphatic rings. The van der Waals surface area contributed by atoms with Gasteiger partial charge in [-0.05, 0) is 76.1 Å². The lowest BCUT2D eigenvalue weighted by atomic mass is 9.98. The van der Waals surface area contributed by atoms with Crippen molar-refractivity contribution >= 4 is 25.3 Å². The van der Waals surface area contributed by atoms with E-state index in [9.17, 15) is 24.1 Å². The van der Waals surface area contributed by atoms with Gasteiger partial charge in [-0.25, -0.2) is 18.8 Å². The van der Waals surface area contributed by atoms with Crippen molar-refractivity contribution in [3.05, 3.63) is 123 Å². The number of aromatic nitrogens is 2. The number of nitrogens with zero attached hydrogens (tertiary/aromatic N) is 1. The molecule has 1 aliphatic heterocycles. The van der Waals surface area contributed by atoms with Gasteiger partial charge in [-0.2, -0.15) is 0 Å². The number of benzene rings is 1. The van der Waals surface area contributed by atoms with E-state index in [0.717, 1.165) is 62.3 Å². The number of rotatable bonds is 23. The van der Waals surface area contributed by atoms with Gasteiger partial charge < -0.3 is 19.7 Å².